The molecule has 0 saturated carbocycles. The highest BCUT2D eigenvalue weighted by Crippen LogP contribution is 2.24. The first-order valence-corrected chi connectivity index (χ1v) is 10.00. The van der Waals surface area contributed by atoms with E-state index in [9.17, 15) is 4.79 Å². The highest BCUT2D eigenvalue weighted by atomic mass is 16.5. The minimum Gasteiger partial charge on any atom is -0.378 e. The standard InChI is InChI=1S/C21H27N5O2/c1-16-6-8-25(9-7-16)18-4-2-17(3-5-18)24-21(27)19-14-23-20(15-22-19)26-10-12-28-13-11-26/h2-5,14-16H,6-13H2,1H3,(H,24,27). The minimum absolute atomic E-state index is 0.249. The first-order valence-electron chi connectivity index (χ1n) is 10.00. The molecule has 7 nitrogen and oxygen atoms in total. The molecule has 2 fully saturated rings. The van der Waals surface area contributed by atoms with Crippen molar-refractivity contribution in [2.24, 2.45) is 5.92 Å². The van der Waals surface area contributed by atoms with Crippen molar-refractivity contribution in [3.05, 3.63) is 42.4 Å². The van der Waals surface area contributed by atoms with Crippen molar-refractivity contribution in [3.63, 3.8) is 0 Å². The summed E-state index contributed by atoms with van der Waals surface area (Å²) in [6.45, 7) is 7.47. The number of amides is 1. The number of carbonyl (C=O) groups excluding carboxylic acids is 1. The summed E-state index contributed by atoms with van der Waals surface area (Å²) in [5, 5.41) is 2.90. The summed E-state index contributed by atoms with van der Waals surface area (Å²) in [5.41, 5.74) is 2.28. The van der Waals surface area contributed by atoms with Crippen LogP contribution in [-0.4, -0.2) is 55.3 Å². The van der Waals surface area contributed by atoms with Crippen molar-refractivity contribution >= 4 is 23.1 Å². The van der Waals surface area contributed by atoms with Gasteiger partial charge in [0.25, 0.3) is 5.91 Å². The fourth-order valence-electron chi connectivity index (χ4n) is 3.61. The second-order valence-electron chi connectivity index (χ2n) is 7.53. The van der Waals surface area contributed by atoms with E-state index in [4.69, 9.17) is 4.74 Å². The molecule has 7 heteroatoms. The Morgan fingerprint density at radius 1 is 1.00 bits per heavy atom. The molecule has 2 aliphatic heterocycles. The van der Waals surface area contributed by atoms with Gasteiger partial charge in [0.15, 0.2) is 0 Å². The second kappa shape index (κ2) is 8.56. The summed E-state index contributed by atoms with van der Waals surface area (Å²) in [6, 6.07) is 8.03. The molecule has 28 heavy (non-hydrogen) atoms. The Labute approximate surface area is 165 Å². The Bertz CT molecular complexity index is 779. The molecule has 1 aromatic heterocycles. The third-order valence-corrected chi connectivity index (χ3v) is 5.48. The monoisotopic (exact) mass is 381 g/mol. The molecule has 0 unspecified atom stereocenters. The summed E-state index contributed by atoms with van der Waals surface area (Å²) in [6.07, 6.45) is 5.65. The smallest absolute Gasteiger partial charge is 0.275 e. The number of carbonyl (C=O) groups is 1. The molecule has 0 radical (unpaired) electrons. The van der Waals surface area contributed by atoms with Gasteiger partial charge in [-0.05, 0) is 43.0 Å². The third-order valence-electron chi connectivity index (χ3n) is 5.48. The van der Waals surface area contributed by atoms with Gasteiger partial charge < -0.3 is 19.9 Å². The van der Waals surface area contributed by atoms with Crippen LogP contribution < -0.4 is 15.1 Å². The maximum absolute atomic E-state index is 12.5. The average Bonchev–Trinajstić information content (AvgIpc) is 2.76. The molecular formula is C21H27N5O2. The summed E-state index contributed by atoms with van der Waals surface area (Å²) in [5.74, 6) is 1.34. The number of nitrogens with one attached hydrogen (secondary N) is 1. The maximum Gasteiger partial charge on any atom is 0.275 e. The van der Waals surface area contributed by atoms with Gasteiger partial charge in [0.1, 0.15) is 11.5 Å². The van der Waals surface area contributed by atoms with Crippen molar-refractivity contribution in [1.29, 1.82) is 0 Å². The lowest BCUT2D eigenvalue weighted by atomic mass is 9.99. The number of hydrogen-bond donors (Lipinski definition) is 1. The number of nitrogens with zero attached hydrogens (tertiary/aromatic N) is 4. The molecule has 148 valence electrons. The first kappa shape index (κ1) is 18.7. The van der Waals surface area contributed by atoms with E-state index in [-0.39, 0.29) is 5.91 Å². The van der Waals surface area contributed by atoms with Gasteiger partial charge in [0.05, 0.1) is 25.6 Å². The summed E-state index contributed by atoms with van der Waals surface area (Å²) < 4.78 is 5.34. The van der Waals surface area contributed by atoms with Gasteiger partial charge in [-0.2, -0.15) is 0 Å². The molecule has 0 bridgehead atoms. The normalized spacial score (nSPS) is 18.2. The Morgan fingerprint density at radius 3 is 2.36 bits per heavy atom. The fourth-order valence-corrected chi connectivity index (χ4v) is 3.61. The number of benzene rings is 1. The van der Waals surface area contributed by atoms with Crippen LogP contribution in [0.4, 0.5) is 17.2 Å². The Kier molecular flexibility index (Phi) is 5.71. The van der Waals surface area contributed by atoms with Gasteiger partial charge in [0.2, 0.25) is 0 Å². The SMILES string of the molecule is CC1CCN(c2ccc(NC(=O)c3cnc(N4CCOCC4)cn3)cc2)CC1. The molecular weight excluding hydrogens is 354 g/mol. The number of morpholine rings is 1. The van der Waals surface area contributed by atoms with E-state index in [0.29, 0.717) is 18.9 Å². The highest BCUT2D eigenvalue weighted by molar-refractivity contribution is 6.02. The molecule has 2 saturated heterocycles. The van der Waals surface area contributed by atoms with Crippen LogP contribution in [0.2, 0.25) is 0 Å². The van der Waals surface area contributed by atoms with E-state index in [1.54, 1.807) is 6.20 Å². The molecule has 0 spiro atoms. The number of ether oxygens (including phenoxy) is 1. The van der Waals surface area contributed by atoms with Crippen LogP contribution in [0.3, 0.4) is 0 Å². The van der Waals surface area contributed by atoms with E-state index in [0.717, 1.165) is 43.6 Å². The summed E-state index contributed by atoms with van der Waals surface area (Å²) >= 11 is 0. The summed E-state index contributed by atoms with van der Waals surface area (Å²) in [4.78, 5) is 25.6. The largest absolute Gasteiger partial charge is 0.378 e. The number of hydrogen-bond acceptors (Lipinski definition) is 6. The van der Waals surface area contributed by atoms with Crippen LogP contribution in [0.25, 0.3) is 0 Å². The zero-order chi connectivity index (χ0) is 19.3. The van der Waals surface area contributed by atoms with E-state index >= 15 is 0 Å². The predicted octanol–water partition coefficient (Wildman–Crippen LogP) is 2.80. The van der Waals surface area contributed by atoms with Gasteiger partial charge in [-0.25, -0.2) is 9.97 Å². The van der Waals surface area contributed by atoms with Crippen LogP contribution >= 0.6 is 0 Å². The molecule has 1 aromatic carbocycles. The summed E-state index contributed by atoms with van der Waals surface area (Å²) in [7, 11) is 0. The van der Waals surface area contributed by atoms with Crippen molar-refractivity contribution in [3.8, 4) is 0 Å². The van der Waals surface area contributed by atoms with E-state index in [1.165, 1.54) is 24.7 Å². The van der Waals surface area contributed by atoms with Gasteiger partial charge in [0, 0.05) is 37.6 Å². The Morgan fingerprint density at radius 2 is 1.71 bits per heavy atom. The van der Waals surface area contributed by atoms with E-state index < -0.39 is 0 Å². The molecule has 4 rings (SSSR count). The van der Waals surface area contributed by atoms with E-state index in [1.807, 2.05) is 12.1 Å². The van der Waals surface area contributed by atoms with Crippen molar-refractivity contribution < 1.29 is 9.53 Å². The van der Waals surface area contributed by atoms with Crippen molar-refractivity contribution in [2.45, 2.75) is 19.8 Å². The van der Waals surface area contributed by atoms with E-state index in [2.05, 4.69) is 44.1 Å². The first-order chi connectivity index (χ1) is 13.7. The number of rotatable bonds is 4. The molecule has 2 aromatic rings. The topological polar surface area (TPSA) is 70.6 Å². The van der Waals surface area contributed by atoms with Crippen molar-refractivity contribution in [2.75, 3.05) is 54.5 Å². The van der Waals surface area contributed by atoms with Crippen LogP contribution in [0.5, 0.6) is 0 Å². The average molecular weight is 381 g/mol. The minimum atomic E-state index is -0.249. The Hall–Kier alpha value is -2.67. The van der Waals surface area contributed by atoms with Gasteiger partial charge in [-0.3, -0.25) is 4.79 Å². The van der Waals surface area contributed by atoms with Gasteiger partial charge in [-0.15, -0.1) is 0 Å². The van der Waals surface area contributed by atoms with Crippen LogP contribution in [0.15, 0.2) is 36.7 Å². The number of piperidine rings is 1. The van der Waals surface area contributed by atoms with Crippen LogP contribution in [-0.2, 0) is 4.74 Å². The zero-order valence-corrected chi connectivity index (χ0v) is 16.3. The van der Waals surface area contributed by atoms with Crippen LogP contribution in [0, 0.1) is 5.92 Å². The number of aromatic nitrogens is 2. The Balaban J connectivity index is 1.35. The highest BCUT2D eigenvalue weighted by Gasteiger charge is 2.17. The molecule has 2 aliphatic rings. The maximum atomic E-state index is 12.5. The lowest BCUT2D eigenvalue weighted by molar-refractivity contribution is 0.102. The second-order valence-corrected chi connectivity index (χ2v) is 7.53. The van der Waals surface area contributed by atoms with Crippen molar-refractivity contribution in [1.82, 2.24) is 9.97 Å². The lowest BCUT2D eigenvalue weighted by Crippen LogP contribution is -2.36. The van der Waals surface area contributed by atoms with Gasteiger partial charge >= 0.3 is 0 Å². The molecule has 3 heterocycles. The van der Waals surface area contributed by atoms with Gasteiger partial charge in [-0.1, -0.05) is 6.92 Å². The fraction of sp³-hybridized carbons (Fsp3) is 0.476. The molecule has 1 N–H and O–H groups in total. The molecule has 0 atom stereocenters. The predicted molar refractivity (Wildman–Crippen MR) is 110 cm³/mol. The molecule has 0 aliphatic carbocycles. The van der Waals surface area contributed by atoms with Crippen LogP contribution in [0.1, 0.15) is 30.3 Å². The number of anilines is 3. The third kappa shape index (κ3) is 4.42. The lowest BCUT2D eigenvalue weighted by Gasteiger charge is -2.32. The zero-order valence-electron chi connectivity index (χ0n) is 16.3. The quantitative estimate of drug-likeness (QED) is 0.878. The molecule has 1 amide bonds.